The second kappa shape index (κ2) is 5.59. The number of hydrogen-bond donors (Lipinski definition) is 3. The molecule has 0 aliphatic carbocycles. The summed E-state index contributed by atoms with van der Waals surface area (Å²) in [6.45, 7) is 1.88. The fraction of sp³-hybridized carbons (Fsp3) is 0.222. The highest BCUT2D eigenvalue weighted by molar-refractivity contribution is 7.76. The van der Waals surface area contributed by atoms with Gasteiger partial charge in [0.25, 0.3) is 11.3 Å². The number of carbonyl (C=O) groups excluding carboxylic acids is 1. The molecule has 0 aliphatic rings. The Balaban J connectivity index is 2.59. The molecule has 88 valence electrons. The van der Waals surface area contributed by atoms with Crippen molar-refractivity contribution in [3.05, 3.63) is 29.3 Å². The molecule has 1 aromatic rings. The zero-order chi connectivity index (χ0) is 12.1. The molecule has 7 heteroatoms. The van der Waals surface area contributed by atoms with Crippen molar-refractivity contribution < 1.29 is 18.4 Å². The van der Waals surface area contributed by atoms with E-state index in [1.54, 1.807) is 17.0 Å². The van der Waals surface area contributed by atoms with Gasteiger partial charge in [0.05, 0.1) is 6.42 Å². The van der Waals surface area contributed by atoms with Crippen LogP contribution in [0, 0.1) is 6.92 Å². The van der Waals surface area contributed by atoms with Crippen molar-refractivity contribution in [1.82, 2.24) is 4.89 Å². The third kappa shape index (κ3) is 3.97. The zero-order valence-electron chi connectivity index (χ0n) is 8.60. The van der Waals surface area contributed by atoms with E-state index in [-0.39, 0.29) is 6.42 Å². The normalized spacial score (nSPS) is 12.1. The molecule has 0 bridgehead atoms. The monoisotopic (exact) mass is 244 g/mol. The quantitative estimate of drug-likeness (QED) is 0.402. The van der Waals surface area contributed by atoms with E-state index in [2.05, 4.69) is 4.84 Å². The molecule has 1 aromatic carbocycles. The molecule has 0 heterocycles. The van der Waals surface area contributed by atoms with Gasteiger partial charge in [0.2, 0.25) is 0 Å². The topological polar surface area (TPSA) is 102 Å². The molecule has 0 aliphatic heterocycles. The summed E-state index contributed by atoms with van der Waals surface area (Å²) >= 11 is -2.38. The van der Waals surface area contributed by atoms with Gasteiger partial charge in [-0.05, 0) is 29.0 Å². The molecule has 0 radical (unpaired) electrons. The minimum atomic E-state index is -2.38. The van der Waals surface area contributed by atoms with Gasteiger partial charge < -0.3 is 10.6 Å². The maximum Gasteiger partial charge on any atom is 0.330 e. The lowest BCUT2D eigenvalue weighted by Crippen LogP contribution is -2.23. The molecule has 0 aromatic heterocycles. The van der Waals surface area contributed by atoms with Crippen LogP contribution in [0.5, 0.6) is 0 Å². The Kier molecular flexibility index (Phi) is 4.41. The standard InChI is InChI=1S/C9H12N2O4S/c1-6-2-3-7(8(10)4-6)5-9(12)15-11-16(13)14/h2-4,11H,5,10H2,1H3,(H,13,14). The van der Waals surface area contributed by atoms with Crippen LogP contribution in [-0.2, 0) is 27.3 Å². The van der Waals surface area contributed by atoms with Gasteiger partial charge in [0, 0.05) is 5.69 Å². The Morgan fingerprint density at radius 3 is 2.88 bits per heavy atom. The maximum atomic E-state index is 11.2. The molecule has 0 amide bonds. The molecule has 1 atom stereocenters. The summed E-state index contributed by atoms with van der Waals surface area (Å²) in [7, 11) is 0. The second-order valence-corrected chi connectivity index (χ2v) is 3.85. The van der Waals surface area contributed by atoms with Crippen molar-refractivity contribution in [3.63, 3.8) is 0 Å². The third-order valence-electron chi connectivity index (χ3n) is 1.86. The van der Waals surface area contributed by atoms with E-state index < -0.39 is 17.2 Å². The minimum Gasteiger partial charge on any atom is -0.398 e. The van der Waals surface area contributed by atoms with Crippen LogP contribution >= 0.6 is 0 Å². The van der Waals surface area contributed by atoms with E-state index in [0.717, 1.165) is 5.56 Å². The summed E-state index contributed by atoms with van der Waals surface area (Å²) in [5.74, 6) is -0.682. The summed E-state index contributed by atoms with van der Waals surface area (Å²) in [6.07, 6.45) is -0.0592. The number of nitrogens with one attached hydrogen (secondary N) is 1. The second-order valence-electron chi connectivity index (χ2n) is 3.19. The highest BCUT2D eigenvalue weighted by Crippen LogP contribution is 2.14. The van der Waals surface area contributed by atoms with E-state index >= 15 is 0 Å². The Bertz CT molecular complexity index is 422. The number of aryl methyl sites for hydroxylation is 1. The van der Waals surface area contributed by atoms with Crippen LogP contribution < -0.4 is 10.6 Å². The first-order valence-corrected chi connectivity index (χ1v) is 5.51. The van der Waals surface area contributed by atoms with Crippen molar-refractivity contribution in [2.75, 3.05) is 5.73 Å². The van der Waals surface area contributed by atoms with Gasteiger partial charge in [-0.25, -0.2) is 9.00 Å². The van der Waals surface area contributed by atoms with Crippen molar-refractivity contribution in [1.29, 1.82) is 0 Å². The predicted molar refractivity (Wildman–Crippen MR) is 59.3 cm³/mol. The van der Waals surface area contributed by atoms with E-state index in [1.807, 2.05) is 13.0 Å². The zero-order valence-corrected chi connectivity index (χ0v) is 9.41. The van der Waals surface area contributed by atoms with E-state index in [0.29, 0.717) is 11.3 Å². The molecule has 16 heavy (non-hydrogen) atoms. The Hall–Kier alpha value is -1.44. The Morgan fingerprint density at radius 2 is 2.31 bits per heavy atom. The Morgan fingerprint density at radius 1 is 1.62 bits per heavy atom. The molecule has 6 nitrogen and oxygen atoms in total. The molecule has 0 saturated carbocycles. The van der Waals surface area contributed by atoms with Crippen LogP contribution in [-0.4, -0.2) is 14.7 Å². The summed E-state index contributed by atoms with van der Waals surface area (Å²) in [6, 6.07) is 5.26. The average Bonchev–Trinajstić information content (AvgIpc) is 2.19. The number of carbonyl (C=O) groups is 1. The van der Waals surface area contributed by atoms with Crippen LogP contribution in [0.1, 0.15) is 11.1 Å². The fourth-order valence-corrected chi connectivity index (χ4v) is 1.31. The lowest BCUT2D eigenvalue weighted by Gasteiger charge is -2.06. The smallest absolute Gasteiger partial charge is 0.330 e. The number of benzene rings is 1. The summed E-state index contributed by atoms with van der Waals surface area (Å²) < 4.78 is 18.5. The Labute approximate surface area is 95.2 Å². The molecule has 1 rings (SSSR count). The highest BCUT2D eigenvalue weighted by Gasteiger charge is 2.08. The molecule has 4 N–H and O–H groups in total. The number of hydrogen-bond acceptors (Lipinski definition) is 4. The van der Waals surface area contributed by atoms with Crippen molar-refractivity contribution in [3.8, 4) is 0 Å². The molecule has 0 spiro atoms. The molecule has 1 unspecified atom stereocenters. The molecular formula is C9H12N2O4S. The van der Waals surface area contributed by atoms with Gasteiger partial charge in [0.1, 0.15) is 0 Å². The summed E-state index contributed by atoms with van der Waals surface area (Å²) in [4.78, 5) is 17.1. The number of rotatable bonds is 4. The number of anilines is 1. The van der Waals surface area contributed by atoms with Gasteiger partial charge in [-0.1, -0.05) is 12.1 Å². The summed E-state index contributed by atoms with van der Waals surface area (Å²) in [5.41, 5.74) is 7.78. The molecular weight excluding hydrogens is 232 g/mol. The number of nitrogen functional groups attached to an aromatic ring is 1. The van der Waals surface area contributed by atoms with Crippen LogP contribution in [0.25, 0.3) is 0 Å². The first-order chi connectivity index (χ1) is 7.49. The van der Waals surface area contributed by atoms with Crippen LogP contribution in [0.3, 0.4) is 0 Å². The van der Waals surface area contributed by atoms with Crippen molar-refractivity contribution in [2.24, 2.45) is 0 Å². The van der Waals surface area contributed by atoms with Crippen molar-refractivity contribution in [2.45, 2.75) is 13.3 Å². The van der Waals surface area contributed by atoms with E-state index in [9.17, 15) is 9.00 Å². The average molecular weight is 244 g/mol. The van der Waals surface area contributed by atoms with Gasteiger partial charge in [-0.15, -0.1) is 0 Å². The van der Waals surface area contributed by atoms with Gasteiger partial charge in [0.15, 0.2) is 0 Å². The van der Waals surface area contributed by atoms with E-state index in [4.69, 9.17) is 10.3 Å². The van der Waals surface area contributed by atoms with E-state index in [1.165, 1.54) is 0 Å². The first kappa shape index (κ1) is 12.6. The minimum absolute atomic E-state index is 0.0592. The lowest BCUT2D eigenvalue weighted by atomic mass is 10.1. The molecule has 0 fully saturated rings. The molecule has 0 saturated heterocycles. The SMILES string of the molecule is Cc1ccc(CC(=O)ONS(=O)O)c(N)c1. The van der Waals surface area contributed by atoms with Gasteiger partial charge in [-0.3, -0.25) is 4.55 Å². The number of nitrogens with two attached hydrogens (primary N) is 1. The largest absolute Gasteiger partial charge is 0.398 e. The van der Waals surface area contributed by atoms with Gasteiger partial charge in [-0.2, -0.15) is 0 Å². The predicted octanol–water partition coefficient (Wildman–Crippen LogP) is 0.304. The fourth-order valence-electron chi connectivity index (χ4n) is 1.15. The maximum absolute atomic E-state index is 11.2. The van der Waals surface area contributed by atoms with Crippen LogP contribution in [0.4, 0.5) is 5.69 Å². The third-order valence-corrected chi connectivity index (χ3v) is 2.09. The van der Waals surface area contributed by atoms with Crippen molar-refractivity contribution >= 4 is 22.9 Å². The summed E-state index contributed by atoms with van der Waals surface area (Å²) in [5, 5.41) is 0. The highest BCUT2D eigenvalue weighted by atomic mass is 32.2. The van der Waals surface area contributed by atoms with Gasteiger partial charge >= 0.3 is 5.97 Å². The lowest BCUT2D eigenvalue weighted by molar-refractivity contribution is -0.146. The first-order valence-electron chi connectivity index (χ1n) is 4.40. The van der Waals surface area contributed by atoms with Crippen LogP contribution in [0.15, 0.2) is 18.2 Å². The van der Waals surface area contributed by atoms with Crippen LogP contribution in [0.2, 0.25) is 0 Å².